The van der Waals surface area contributed by atoms with Crippen molar-refractivity contribution in [1.29, 1.82) is 0 Å². The largest absolute Gasteiger partial charge is 0.392 e. The Balaban J connectivity index is 1.44. The van der Waals surface area contributed by atoms with Crippen molar-refractivity contribution in [3.05, 3.63) is 89.6 Å². The fourth-order valence-corrected chi connectivity index (χ4v) is 4.06. The molecule has 29 heavy (non-hydrogen) atoms. The number of benzene rings is 2. The first-order valence-corrected chi connectivity index (χ1v) is 10.2. The van der Waals surface area contributed by atoms with Gasteiger partial charge in [-0.3, -0.25) is 9.78 Å². The van der Waals surface area contributed by atoms with Crippen molar-refractivity contribution in [3.63, 3.8) is 0 Å². The van der Waals surface area contributed by atoms with E-state index in [0.29, 0.717) is 11.5 Å². The van der Waals surface area contributed by atoms with Gasteiger partial charge in [-0.05, 0) is 54.5 Å². The number of amides is 1. The van der Waals surface area contributed by atoms with Crippen LogP contribution in [0.4, 0.5) is 0 Å². The minimum absolute atomic E-state index is 0.00332. The summed E-state index contributed by atoms with van der Waals surface area (Å²) in [5.41, 5.74) is 4.60. The standard InChI is InChI=1S/C25H26N2O2/c28-18-19-6-4-9-22(16-19)24-12-11-23(17-26-24)25(29)27-14-5-10-21(13-15-27)20-7-2-1-3-8-20/h1-4,6-9,11-12,16-17,21,28H,5,10,13-15,18H2/t21-/m1/s1. The zero-order chi connectivity index (χ0) is 20.1. The molecule has 1 amide bonds. The number of rotatable bonds is 4. The third-order valence-corrected chi connectivity index (χ3v) is 5.70. The van der Waals surface area contributed by atoms with Gasteiger partial charge < -0.3 is 10.0 Å². The third kappa shape index (κ3) is 4.54. The zero-order valence-corrected chi connectivity index (χ0v) is 16.5. The average molecular weight is 386 g/mol. The van der Waals surface area contributed by atoms with Gasteiger partial charge in [-0.1, -0.05) is 48.5 Å². The third-order valence-electron chi connectivity index (χ3n) is 5.70. The van der Waals surface area contributed by atoms with Crippen molar-refractivity contribution in [1.82, 2.24) is 9.88 Å². The molecule has 4 heteroatoms. The molecule has 4 nitrogen and oxygen atoms in total. The maximum Gasteiger partial charge on any atom is 0.255 e. The van der Waals surface area contributed by atoms with E-state index in [-0.39, 0.29) is 12.5 Å². The molecule has 2 aromatic carbocycles. The summed E-state index contributed by atoms with van der Waals surface area (Å²) >= 11 is 0. The van der Waals surface area contributed by atoms with Crippen LogP contribution in [0.5, 0.6) is 0 Å². The van der Waals surface area contributed by atoms with Crippen molar-refractivity contribution < 1.29 is 9.90 Å². The minimum Gasteiger partial charge on any atom is -0.392 e. The molecule has 148 valence electrons. The van der Waals surface area contributed by atoms with Gasteiger partial charge in [0.2, 0.25) is 0 Å². The Labute approximate surface area is 171 Å². The van der Waals surface area contributed by atoms with E-state index in [9.17, 15) is 9.90 Å². The maximum atomic E-state index is 13.0. The molecule has 1 aliphatic rings. The Kier molecular flexibility index (Phi) is 6.01. The highest BCUT2D eigenvalue weighted by atomic mass is 16.3. The first-order chi connectivity index (χ1) is 14.2. The Morgan fingerprint density at radius 2 is 1.86 bits per heavy atom. The van der Waals surface area contributed by atoms with Crippen LogP contribution >= 0.6 is 0 Å². The Hall–Kier alpha value is -2.98. The zero-order valence-electron chi connectivity index (χ0n) is 16.5. The molecular weight excluding hydrogens is 360 g/mol. The van der Waals surface area contributed by atoms with Crippen LogP contribution in [-0.4, -0.2) is 34.0 Å². The van der Waals surface area contributed by atoms with E-state index in [2.05, 4.69) is 29.2 Å². The summed E-state index contributed by atoms with van der Waals surface area (Å²) < 4.78 is 0. The molecule has 1 atom stereocenters. The molecule has 0 radical (unpaired) electrons. The fraction of sp³-hybridized carbons (Fsp3) is 0.280. The first kappa shape index (κ1) is 19.3. The molecule has 4 rings (SSSR count). The van der Waals surface area contributed by atoms with E-state index in [4.69, 9.17) is 0 Å². The van der Waals surface area contributed by atoms with Gasteiger partial charge in [0.15, 0.2) is 0 Å². The van der Waals surface area contributed by atoms with Crippen molar-refractivity contribution in [2.24, 2.45) is 0 Å². The van der Waals surface area contributed by atoms with Crippen LogP contribution in [0.1, 0.15) is 46.7 Å². The molecule has 2 heterocycles. The highest BCUT2D eigenvalue weighted by Gasteiger charge is 2.22. The fourth-order valence-electron chi connectivity index (χ4n) is 4.06. The normalized spacial score (nSPS) is 17.0. The van der Waals surface area contributed by atoms with Crippen LogP contribution < -0.4 is 0 Å². The maximum absolute atomic E-state index is 13.0. The van der Waals surface area contributed by atoms with Crippen molar-refractivity contribution in [2.75, 3.05) is 13.1 Å². The summed E-state index contributed by atoms with van der Waals surface area (Å²) in [6.45, 7) is 1.57. The Bertz CT molecular complexity index is 954. The highest BCUT2D eigenvalue weighted by molar-refractivity contribution is 5.94. The number of aliphatic hydroxyl groups excluding tert-OH is 1. The summed E-state index contributed by atoms with van der Waals surface area (Å²) in [6, 6.07) is 22.0. The lowest BCUT2D eigenvalue weighted by molar-refractivity contribution is 0.0760. The average Bonchev–Trinajstić information content (AvgIpc) is 3.06. The summed E-state index contributed by atoms with van der Waals surface area (Å²) in [4.78, 5) is 19.5. The second kappa shape index (κ2) is 9.01. The molecular formula is C25H26N2O2. The van der Waals surface area contributed by atoms with Gasteiger partial charge >= 0.3 is 0 Å². The van der Waals surface area contributed by atoms with E-state index in [1.54, 1.807) is 6.20 Å². The van der Waals surface area contributed by atoms with Crippen molar-refractivity contribution >= 4 is 5.91 Å². The number of aliphatic hydroxyl groups is 1. The van der Waals surface area contributed by atoms with E-state index in [1.165, 1.54) is 5.56 Å². The second-order valence-corrected chi connectivity index (χ2v) is 7.62. The summed E-state index contributed by atoms with van der Waals surface area (Å²) in [5, 5.41) is 9.31. The molecule has 1 fully saturated rings. The Morgan fingerprint density at radius 3 is 2.62 bits per heavy atom. The lowest BCUT2D eigenvalue weighted by Crippen LogP contribution is -2.32. The molecule has 0 saturated carbocycles. The minimum atomic E-state index is 0.00332. The van der Waals surface area contributed by atoms with Crippen LogP contribution in [-0.2, 0) is 6.61 Å². The highest BCUT2D eigenvalue weighted by Crippen LogP contribution is 2.28. The number of likely N-dealkylation sites (tertiary alicyclic amines) is 1. The van der Waals surface area contributed by atoms with Gasteiger partial charge in [0.25, 0.3) is 5.91 Å². The molecule has 0 spiro atoms. The van der Waals surface area contributed by atoms with Crippen LogP contribution in [0.3, 0.4) is 0 Å². The quantitative estimate of drug-likeness (QED) is 0.710. The number of aromatic nitrogens is 1. The second-order valence-electron chi connectivity index (χ2n) is 7.62. The van der Waals surface area contributed by atoms with Crippen molar-refractivity contribution in [3.8, 4) is 11.3 Å². The molecule has 1 aromatic heterocycles. The molecule has 3 aromatic rings. The predicted molar refractivity (Wildman–Crippen MR) is 115 cm³/mol. The van der Waals surface area contributed by atoms with E-state index < -0.39 is 0 Å². The molecule has 0 aliphatic carbocycles. The molecule has 1 N–H and O–H groups in total. The number of hydrogen-bond donors (Lipinski definition) is 1. The van der Waals surface area contributed by atoms with Gasteiger partial charge in [0, 0.05) is 24.8 Å². The smallest absolute Gasteiger partial charge is 0.255 e. The van der Waals surface area contributed by atoms with Gasteiger partial charge in [-0.2, -0.15) is 0 Å². The number of hydrogen-bond acceptors (Lipinski definition) is 3. The van der Waals surface area contributed by atoms with E-state index in [1.807, 2.05) is 47.4 Å². The van der Waals surface area contributed by atoms with Gasteiger partial charge in [-0.25, -0.2) is 0 Å². The molecule has 0 unspecified atom stereocenters. The van der Waals surface area contributed by atoms with Crippen LogP contribution in [0.15, 0.2) is 72.9 Å². The van der Waals surface area contributed by atoms with Crippen molar-refractivity contribution in [2.45, 2.75) is 31.8 Å². The van der Waals surface area contributed by atoms with E-state index >= 15 is 0 Å². The molecule has 1 saturated heterocycles. The van der Waals surface area contributed by atoms with Crippen LogP contribution in [0.25, 0.3) is 11.3 Å². The molecule has 1 aliphatic heterocycles. The summed E-state index contributed by atoms with van der Waals surface area (Å²) in [7, 11) is 0. The van der Waals surface area contributed by atoms with Crippen LogP contribution in [0.2, 0.25) is 0 Å². The van der Waals surface area contributed by atoms with E-state index in [0.717, 1.165) is 49.2 Å². The Morgan fingerprint density at radius 1 is 1.00 bits per heavy atom. The predicted octanol–water partition coefficient (Wildman–Crippen LogP) is 4.65. The topological polar surface area (TPSA) is 53.4 Å². The molecule has 0 bridgehead atoms. The lowest BCUT2D eigenvalue weighted by atomic mass is 9.92. The van der Waals surface area contributed by atoms with Gasteiger partial charge in [0.1, 0.15) is 0 Å². The summed E-state index contributed by atoms with van der Waals surface area (Å²) in [6.07, 6.45) is 4.80. The first-order valence-electron chi connectivity index (χ1n) is 10.2. The number of carbonyl (C=O) groups is 1. The SMILES string of the molecule is O=C(c1ccc(-c2cccc(CO)c2)nc1)N1CCC[C@@H](c2ccccc2)CC1. The number of nitrogens with zero attached hydrogens (tertiary/aromatic N) is 2. The lowest BCUT2D eigenvalue weighted by Gasteiger charge is -2.21. The van der Waals surface area contributed by atoms with Gasteiger partial charge in [-0.15, -0.1) is 0 Å². The van der Waals surface area contributed by atoms with Gasteiger partial charge in [0.05, 0.1) is 17.9 Å². The van der Waals surface area contributed by atoms with Crippen LogP contribution in [0, 0.1) is 0 Å². The summed E-state index contributed by atoms with van der Waals surface area (Å²) in [5.74, 6) is 0.579. The monoisotopic (exact) mass is 386 g/mol. The number of pyridine rings is 1. The number of carbonyl (C=O) groups excluding carboxylic acids is 1.